The number of halogens is 1. The average Bonchev–Trinajstić information content (AvgIpc) is 2.07. The first kappa shape index (κ1) is 7.55. The molecule has 0 spiro atoms. The van der Waals surface area contributed by atoms with Crippen LogP contribution in [0.2, 0.25) is 0 Å². The monoisotopic (exact) mass is 167 g/mol. The van der Waals surface area contributed by atoms with E-state index in [-0.39, 0.29) is 5.82 Å². The predicted octanol–water partition coefficient (Wildman–Crippen LogP) is 1.15. The Morgan fingerprint density at radius 1 is 1.50 bits per heavy atom. The summed E-state index contributed by atoms with van der Waals surface area (Å²) >= 11 is 0. The van der Waals surface area contributed by atoms with Crippen LogP contribution in [-0.2, 0) is 6.42 Å². The van der Waals surface area contributed by atoms with Gasteiger partial charge in [0.1, 0.15) is 5.82 Å². The lowest BCUT2D eigenvalue weighted by Crippen LogP contribution is -2.28. The molecule has 1 aliphatic heterocycles. The summed E-state index contributed by atoms with van der Waals surface area (Å²) in [7, 11) is 0. The van der Waals surface area contributed by atoms with Crippen LogP contribution in [0.25, 0.3) is 0 Å². The summed E-state index contributed by atoms with van der Waals surface area (Å²) in [6, 6.07) is 4.90. The molecule has 0 saturated heterocycles. The molecule has 1 aromatic rings. The van der Waals surface area contributed by atoms with Gasteiger partial charge in [-0.3, -0.25) is 0 Å². The molecular formula is C9H10FNO. The lowest BCUT2D eigenvalue weighted by atomic mass is 10.0. The van der Waals surface area contributed by atoms with E-state index in [2.05, 4.69) is 5.32 Å². The van der Waals surface area contributed by atoms with Gasteiger partial charge in [-0.15, -0.1) is 0 Å². The highest BCUT2D eigenvalue weighted by Crippen LogP contribution is 2.23. The zero-order chi connectivity index (χ0) is 8.55. The molecule has 1 atom stereocenters. The molecule has 64 valence electrons. The largest absolute Gasteiger partial charge is 0.391 e. The van der Waals surface area contributed by atoms with Crippen molar-refractivity contribution in [2.24, 2.45) is 0 Å². The van der Waals surface area contributed by atoms with Gasteiger partial charge in [-0.05, 0) is 12.1 Å². The van der Waals surface area contributed by atoms with Gasteiger partial charge in [0.05, 0.1) is 6.10 Å². The third-order valence-corrected chi connectivity index (χ3v) is 2.09. The molecule has 1 aliphatic rings. The van der Waals surface area contributed by atoms with Crippen molar-refractivity contribution in [3.63, 3.8) is 0 Å². The van der Waals surface area contributed by atoms with E-state index >= 15 is 0 Å². The number of nitrogens with one attached hydrogen (secondary N) is 1. The Morgan fingerprint density at radius 3 is 3.17 bits per heavy atom. The Morgan fingerprint density at radius 2 is 2.33 bits per heavy atom. The maximum Gasteiger partial charge on any atom is 0.128 e. The van der Waals surface area contributed by atoms with Gasteiger partial charge in [-0.2, -0.15) is 0 Å². The van der Waals surface area contributed by atoms with Gasteiger partial charge in [-0.1, -0.05) is 6.07 Å². The van der Waals surface area contributed by atoms with E-state index < -0.39 is 6.10 Å². The molecule has 0 amide bonds. The fourth-order valence-corrected chi connectivity index (χ4v) is 1.47. The second-order valence-electron chi connectivity index (χ2n) is 3.00. The number of benzene rings is 1. The van der Waals surface area contributed by atoms with Gasteiger partial charge in [-0.25, -0.2) is 4.39 Å². The first-order chi connectivity index (χ1) is 5.77. The minimum Gasteiger partial charge on any atom is -0.391 e. The molecule has 1 heterocycles. The van der Waals surface area contributed by atoms with Crippen LogP contribution in [0, 0.1) is 5.82 Å². The Balaban J connectivity index is 2.43. The third-order valence-electron chi connectivity index (χ3n) is 2.09. The Hall–Kier alpha value is -1.09. The molecule has 0 aliphatic carbocycles. The number of aliphatic hydroxyl groups is 1. The van der Waals surface area contributed by atoms with E-state index in [9.17, 15) is 9.50 Å². The number of rotatable bonds is 0. The molecule has 0 bridgehead atoms. The van der Waals surface area contributed by atoms with Gasteiger partial charge < -0.3 is 10.4 Å². The summed E-state index contributed by atoms with van der Waals surface area (Å²) < 4.78 is 13.1. The SMILES string of the molecule is OC1CNc2cccc(F)c2C1. The van der Waals surface area contributed by atoms with Crippen molar-refractivity contribution in [3.05, 3.63) is 29.6 Å². The summed E-state index contributed by atoms with van der Waals surface area (Å²) in [5.41, 5.74) is 1.40. The van der Waals surface area contributed by atoms with Gasteiger partial charge in [0.25, 0.3) is 0 Å². The summed E-state index contributed by atoms with van der Waals surface area (Å²) in [6.45, 7) is 0.510. The fourth-order valence-electron chi connectivity index (χ4n) is 1.47. The van der Waals surface area contributed by atoms with Crippen molar-refractivity contribution < 1.29 is 9.50 Å². The molecule has 3 heteroatoms. The molecule has 1 aromatic carbocycles. The van der Waals surface area contributed by atoms with E-state index in [1.165, 1.54) is 6.07 Å². The predicted molar refractivity (Wildman–Crippen MR) is 44.6 cm³/mol. The fraction of sp³-hybridized carbons (Fsp3) is 0.333. The molecule has 2 N–H and O–H groups in total. The van der Waals surface area contributed by atoms with Crippen molar-refractivity contribution in [1.29, 1.82) is 0 Å². The minimum atomic E-state index is -0.464. The Labute approximate surface area is 70.0 Å². The van der Waals surface area contributed by atoms with E-state index in [1.807, 2.05) is 6.07 Å². The highest BCUT2D eigenvalue weighted by Gasteiger charge is 2.18. The van der Waals surface area contributed by atoms with Crippen molar-refractivity contribution in [1.82, 2.24) is 0 Å². The molecule has 2 nitrogen and oxygen atoms in total. The number of hydrogen-bond acceptors (Lipinski definition) is 2. The normalized spacial score (nSPS) is 21.3. The van der Waals surface area contributed by atoms with E-state index in [1.54, 1.807) is 6.07 Å². The van der Waals surface area contributed by atoms with Gasteiger partial charge in [0.15, 0.2) is 0 Å². The average molecular weight is 167 g/mol. The molecule has 0 saturated carbocycles. The van der Waals surface area contributed by atoms with Crippen LogP contribution in [0.5, 0.6) is 0 Å². The van der Waals surface area contributed by atoms with Crippen LogP contribution in [0.4, 0.5) is 10.1 Å². The number of β-amino-alcohol motifs (C(OH)–C–C–N with tert-alkyl or cyclic N) is 1. The number of fused-ring (bicyclic) bond motifs is 1. The lowest BCUT2D eigenvalue weighted by Gasteiger charge is -2.22. The molecular weight excluding hydrogens is 157 g/mol. The maximum absolute atomic E-state index is 13.1. The van der Waals surface area contributed by atoms with E-state index in [0.29, 0.717) is 18.5 Å². The van der Waals surface area contributed by atoms with Crippen LogP contribution in [-0.4, -0.2) is 17.8 Å². The van der Waals surface area contributed by atoms with Crippen molar-refractivity contribution in [2.45, 2.75) is 12.5 Å². The Kier molecular flexibility index (Phi) is 1.73. The molecule has 0 radical (unpaired) electrons. The summed E-state index contributed by atoms with van der Waals surface area (Å²) in [5, 5.41) is 12.2. The molecule has 0 aromatic heterocycles. The summed E-state index contributed by atoms with van der Waals surface area (Å²) in [6.07, 6.45) is -0.0518. The Bertz CT molecular complexity index is 301. The third kappa shape index (κ3) is 1.16. The van der Waals surface area contributed by atoms with Crippen LogP contribution >= 0.6 is 0 Å². The molecule has 0 fully saturated rings. The molecule has 1 unspecified atom stereocenters. The van der Waals surface area contributed by atoms with Crippen LogP contribution in [0.1, 0.15) is 5.56 Å². The maximum atomic E-state index is 13.1. The molecule has 2 rings (SSSR count). The summed E-state index contributed by atoms with van der Waals surface area (Å²) in [5.74, 6) is -0.237. The van der Waals surface area contributed by atoms with Gasteiger partial charge >= 0.3 is 0 Å². The molecule has 12 heavy (non-hydrogen) atoms. The van der Waals surface area contributed by atoms with Gasteiger partial charge in [0.2, 0.25) is 0 Å². The highest BCUT2D eigenvalue weighted by atomic mass is 19.1. The zero-order valence-corrected chi connectivity index (χ0v) is 6.55. The van der Waals surface area contributed by atoms with E-state index in [0.717, 1.165) is 5.69 Å². The topological polar surface area (TPSA) is 32.3 Å². The second kappa shape index (κ2) is 2.75. The highest BCUT2D eigenvalue weighted by molar-refractivity contribution is 5.53. The lowest BCUT2D eigenvalue weighted by molar-refractivity contribution is 0.183. The smallest absolute Gasteiger partial charge is 0.128 e. The van der Waals surface area contributed by atoms with Crippen molar-refractivity contribution >= 4 is 5.69 Å². The number of aliphatic hydroxyl groups excluding tert-OH is 1. The first-order valence-electron chi connectivity index (χ1n) is 3.96. The van der Waals surface area contributed by atoms with Gasteiger partial charge in [0, 0.05) is 24.2 Å². The number of hydrogen-bond donors (Lipinski definition) is 2. The number of anilines is 1. The second-order valence-corrected chi connectivity index (χ2v) is 3.00. The standard InChI is InChI=1S/C9H10FNO/c10-8-2-1-3-9-7(8)4-6(12)5-11-9/h1-3,6,11-12H,4-5H2. The first-order valence-corrected chi connectivity index (χ1v) is 3.96. The van der Waals surface area contributed by atoms with Crippen molar-refractivity contribution in [3.8, 4) is 0 Å². The summed E-state index contributed by atoms with van der Waals surface area (Å²) in [4.78, 5) is 0. The minimum absolute atomic E-state index is 0.237. The van der Waals surface area contributed by atoms with E-state index in [4.69, 9.17) is 0 Å². The van der Waals surface area contributed by atoms with Crippen molar-refractivity contribution in [2.75, 3.05) is 11.9 Å². The van der Waals surface area contributed by atoms with Crippen LogP contribution in [0.3, 0.4) is 0 Å². The zero-order valence-electron chi connectivity index (χ0n) is 6.55. The van der Waals surface area contributed by atoms with Crippen LogP contribution < -0.4 is 5.32 Å². The quantitative estimate of drug-likeness (QED) is 0.607. The van der Waals surface area contributed by atoms with Crippen LogP contribution in [0.15, 0.2) is 18.2 Å².